The summed E-state index contributed by atoms with van der Waals surface area (Å²) in [6.07, 6.45) is 2.23. The molecule has 0 unspecified atom stereocenters. The van der Waals surface area contributed by atoms with Crippen molar-refractivity contribution in [1.82, 2.24) is 19.6 Å². The van der Waals surface area contributed by atoms with E-state index in [9.17, 15) is 9.65 Å². The first-order valence-electron chi connectivity index (χ1n) is 10.6. The second-order valence-corrected chi connectivity index (χ2v) is 14.9. The summed E-state index contributed by atoms with van der Waals surface area (Å²) in [5.74, 6) is -0.104. The van der Waals surface area contributed by atoms with Gasteiger partial charge in [0.2, 0.25) is 0 Å². The average Bonchev–Trinajstić information content (AvgIpc) is 3.31. The van der Waals surface area contributed by atoms with E-state index in [1.165, 1.54) is 6.07 Å². The molecule has 0 N–H and O–H groups in total. The van der Waals surface area contributed by atoms with E-state index >= 15 is 0 Å². The topological polar surface area (TPSA) is 68.7 Å². The van der Waals surface area contributed by atoms with Crippen LogP contribution in [0.5, 0.6) is 0 Å². The summed E-state index contributed by atoms with van der Waals surface area (Å²) in [5.41, 5.74) is 3.90. The van der Waals surface area contributed by atoms with Crippen LogP contribution in [0.2, 0.25) is 25.7 Å². The van der Waals surface area contributed by atoms with Crippen LogP contribution in [0.15, 0.2) is 36.5 Å². The number of benzene rings is 1. The fourth-order valence-corrected chi connectivity index (χ4v) is 4.08. The Morgan fingerprint density at radius 3 is 2.65 bits per heavy atom. The van der Waals surface area contributed by atoms with Crippen molar-refractivity contribution in [1.29, 1.82) is 5.26 Å². The number of nitriles is 1. The van der Waals surface area contributed by atoms with E-state index < -0.39 is 8.07 Å². The molecule has 0 bridgehead atoms. The third-order valence-electron chi connectivity index (χ3n) is 5.08. The minimum atomic E-state index is -1.16. The van der Waals surface area contributed by atoms with Gasteiger partial charge in [0.05, 0.1) is 17.1 Å². The lowest BCUT2D eigenvalue weighted by molar-refractivity contribution is 0.0777. The highest BCUT2D eigenvalue weighted by Crippen LogP contribution is 2.25. The van der Waals surface area contributed by atoms with Gasteiger partial charge in [-0.25, -0.2) is 13.8 Å². The van der Waals surface area contributed by atoms with Crippen molar-refractivity contribution in [2.45, 2.75) is 58.6 Å². The van der Waals surface area contributed by atoms with Crippen molar-refractivity contribution in [3.63, 3.8) is 0 Å². The van der Waals surface area contributed by atoms with Crippen LogP contribution < -0.4 is 0 Å². The molecule has 0 atom stereocenters. The molecule has 0 radical (unpaired) electrons. The molecule has 0 saturated heterocycles. The Hall–Kier alpha value is -2.76. The molecular weight excluding hydrogens is 409 g/mol. The molecule has 3 aromatic rings. The number of aromatic nitrogens is 4. The van der Waals surface area contributed by atoms with Gasteiger partial charge in [-0.3, -0.25) is 0 Å². The molecule has 0 aliphatic heterocycles. The minimum Gasteiger partial charge on any atom is -0.359 e. The Labute approximate surface area is 184 Å². The molecule has 0 amide bonds. The van der Waals surface area contributed by atoms with Gasteiger partial charge >= 0.3 is 0 Å². The predicted molar refractivity (Wildman–Crippen MR) is 121 cm³/mol. The molecule has 1 aromatic carbocycles. The first-order chi connectivity index (χ1) is 14.7. The van der Waals surface area contributed by atoms with Crippen molar-refractivity contribution < 1.29 is 9.13 Å². The summed E-state index contributed by atoms with van der Waals surface area (Å²) in [6, 6.07) is 11.7. The number of hydrogen-bond acceptors (Lipinski definition) is 4. The third kappa shape index (κ3) is 5.90. The van der Waals surface area contributed by atoms with Crippen molar-refractivity contribution in [3.05, 3.63) is 65.0 Å². The quantitative estimate of drug-likeness (QED) is 0.343. The van der Waals surface area contributed by atoms with Crippen LogP contribution in [0.3, 0.4) is 0 Å². The van der Waals surface area contributed by atoms with Crippen LogP contribution in [0.4, 0.5) is 4.39 Å². The monoisotopic (exact) mass is 439 g/mol. The molecular formula is C23H30FN5OSi. The maximum absolute atomic E-state index is 13.8. The van der Waals surface area contributed by atoms with Crippen LogP contribution in [0, 0.1) is 17.1 Å². The van der Waals surface area contributed by atoms with Gasteiger partial charge in [0.1, 0.15) is 24.3 Å². The van der Waals surface area contributed by atoms with E-state index in [-0.39, 0.29) is 18.5 Å². The number of hydrogen-bond donors (Lipinski definition) is 0. The zero-order valence-electron chi connectivity index (χ0n) is 18.9. The lowest BCUT2D eigenvalue weighted by Crippen LogP contribution is -2.22. The van der Waals surface area contributed by atoms with Crippen LogP contribution in [-0.4, -0.2) is 34.2 Å². The summed E-state index contributed by atoms with van der Waals surface area (Å²) in [6.45, 7) is 11.9. The molecule has 0 aliphatic carbocycles. The molecule has 2 heterocycles. The number of ether oxygens (including phenoxy) is 1. The van der Waals surface area contributed by atoms with Gasteiger partial charge in [-0.2, -0.15) is 15.5 Å². The second-order valence-electron chi connectivity index (χ2n) is 9.25. The predicted octanol–water partition coefficient (Wildman–Crippen LogP) is 5.11. The zero-order valence-corrected chi connectivity index (χ0v) is 19.9. The van der Waals surface area contributed by atoms with Gasteiger partial charge < -0.3 is 4.74 Å². The molecule has 0 fully saturated rings. The molecule has 0 saturated carbocycles. The molecule has 3 rings (SSSR count). The molecule has 0 aliphatic rings. The van der Waals surface area contributed by atoms with Gasteiger partial charge in [0, 0.05) is 27.3 Å². The van der Waals surface area contributed by atoms with E-state index in [1.807, 2.05) is 24.6 Å². The Balaban J connectivity index is 1.79. The second kappa shape index (κ2) is 9.58. The summed E-state index contributed by atoms with van der Waals surface area (Å²) in [5, 5.41) is 18.5. The fraction of sp³-hybridized carbons (Fsp3) is 0.435. The van der Waals surface area contributed by atoms with Crippen molar-refractivity contribution in [2.75, 3.05) is 6.61 Å². The Morgan fingerprint density at radius 1 is 1.19 bits per heavy atom. The lowest BCUT2D eigenvalue weighted by atomic mass is 10.0. The molecule has 0 spiro atoms. The number of halogens is 1. The SMILES string of the molecule is CC(C)c1cc(F)ccc1-n1nccc1Cc1cc(C#N)n(COCC[Si](C)(C)C)n1. The van der Waals surface area contributed by atoms with E-state index in [4.69, 9.17) is 4.74 Å². The fourth-order valence-electron chi connectivity index (χ4n) is 3.32. The summed E-state index contributed by atoms with van der Waals surface area (Å²) < 4.78 is 23.0. The summed E-state index contributed by atoms with van der Waals surface area (Å²) >= 11 is 0. The standard InChI is InChI=1S/C23H30FN5OSi/c1-17(2)22-12-18(24)6-7-23(22)29-20(8-9-26-29)13-19-14-21(15-25)28(27-19)16-30-10-11-31(3,4)5/h6-9,12,14,17H,10-11,13,16H2,1-5H3. The van der Waals surface area contributed by atoms with Crippen LogP contribution in [-0.2, 0) is 17.9 Å². The highest BCUT2D eigenvalue weighted by Gasteiger charge is 2.16. The van der Waals surface area contributed by atoms with Gasteiger partial charge in [0.15, 0.2) is 0 Å². The summed E-state index contributed by atoms with van der Waals surface area (Å²) in [4.78, 5) is 0. The molecule has 6 nitrogen and oxygen atoms in total. The largest absolute Gasteiger partial charge is 0.359 e. The van der Waals surface area contributed by atoms with Crippen LogP contribution in [0.25, 0.3) is 5.69 Å². The molecule has 164 valence electrons. The Kier molecular flexibility index (Phi) is 7.08. The normalized spacial score (nSPS) is 11.8. The molecule has 31 heavy (non-hydrogen) atoms. The summed E-state index contributed by atoms with van der Waals surface area (Å²) in [7, 11) is -1.16. The molecule has 8 heteroatoms. The van der Waals surface area contributed by atoms with E-state index in [2.05, 4.69) is 35.9 Å². The number of nitrogens with zero attached hydrogens (tertiary/aromatic N) is 5. The van der Waals surface area contributed by atoms with Gasteiger partial charge in [-0.1, -0.05) is 33.5 Å². The van der Waals surface area contributed by atoms with Crippen LogP contribution >= 0.6 is 0 Å². The van der Waals surface area contributed by atoms with E-state index in [0.717, 1.165) is 28.7 Å². The van der Waals surface area contributed by atoms with Crippen LogP contribution in [0.1, 0.15) is 42.4 Å². The highest BCUT2D eigenvalue weighted by molar-refractivity contribution is 6.76. The van der Waals surface area contributed by atoms with E-state index in [0.29, 0.717) is 18.7 Å². The Morgan fingerprint density at radius 2 is 1.97 bits per heavy atom. The maximum atomic E-state index is 13.8. The van der Waals surface area contributed by atoms with Gasteiger partial charge in [-0.05, 0) is 47.9 Å². The van der Waals surface area contributed by atoms with Crippen molar-refractivity contribution in [2.24, 2.45) is 0 Å². The lowest BCUT2D eigenvalue weighted by Gasteiger charge is -2.15. The van der Waals surface area contributed by atoms with E-state index in [1.54, 1.807) is 29.1 Å². The van der Waals surface area contributed by atoms with Gasteiger partial charge in [-0.15, -0.1) is 0 Å². The first kappa shape index (κ1) is 22.9. The van der Waals surface area contributed by atoms with Crippen molar-refractivity contribution >= 4 is 8.07 Å². The maximum Gasteiger partial charge on any atom is 0.141 e. The zero-order chi connectivity index (χ0) is 22.6. The smallest absolute Gasteiger partial charge is 0.141 e. The Bertz CT molecular complexity index is 1070. The van der Waals surface area contributed by atoms with Gasteiger partial charge in [0.25, 0.3) is 0 Å². The van der Waals surface area contributed by atoms with Crippen molar-refractivity contribution in [3.8, 4) is 11.8 Å². The first-order valence-corrected chi connectivity index (χ1v) is 14.3. The third-order valence-corrected chi connectivity index (χ3v) is 6.78. The minimum absolute atomic E-state index is 0.153. The highest BCUT2D eigenvalue weighted by atomic mass is 28.3. The average molecular weight is 440 g/mol. The molecule has 2 aromatic heterocycles. The number of rotatable bonds is 9.